The van der Waals surface area contributed by atoms with Gasteiger partial charge in [-0.2, -0.15) is 0 Å². The first-order valence-electron chi connectivity index (χ1n) is 5.67. The number of rotatable bonds is 3. The molecule has 0 spiro atoms. The number of hydrogen-bond donors (Lipinski definition) is 0. The van der Waals surface area contributed by atoms with Crippen molar-refractivity contribution in [1.29, 1.82) is 0 Å². The summed E-state index contributed by atoms with van der Waals surface area (Å²) in [6, 6.07) is 8.02. The van der Waals surface area contributed by atoms with Crippen LogP contribution in [0.15, 0.2) is 24.3 Å². The van der Waals surface area contributed by atoms with Crippen LogP contribution in [-0.2, 0) is 4.74 Å². The Morgan fingerprint density at radius 2 is 1.88 bits per heavy atom. The van der Waals surface area contributed by atoms with Crippen LogP contribution < -0.4 is 4.74 Å². The van der Waals surface area contributed by atoms with Crippen molar-refractivity contribution in [2.24, 2.45) is 5.92 Å². The Hall–Kier alpha value is -0.730. The Bertz CT molecular complexity index is 317. The van der Waals surface area contributed by atoms with Crippen molar-refractivity contribution in [2.45, 2.75) is 18.2 Å². The second kappa shape index (κ2) is 5.55. The molecular weight excluding hydrogens is 224 g/mol. The molecule has 1 aliphatic heterocycles. The van der Waals surface area contributed by atoms with Crippen LogP contribution >= 0.6 is 11.6 Å². The maximum atomic E-state index is 6.48. The van der Waals surface area contributed by atoms with Gasteiger partial charge >= 0.3 is 0 Å². The molecule has 1 atom stereocenters. The van der Waals surface area contributed by atoms with Crippen molar-refractivity contribution < 1.29 is 9.47 Å². The minimum atomic E-state index is 0.0924. The zero-order valence-corrected chi connectivity index (χ0v) is 10.2. The molecule has 0 bridgehead atoms. The maximum absolute atomic E-state index is 6.48. The van der Waals surface area contributed by atoms with E-state index in [1.807, 2.05) is 24.3 Å². The first kappa shape index (κ1) is 11.7. The highest BCUT2D eigenvalue weighted by molar-refractivity contribution is 6.21. The molecule has 2 nitrogen and oxygen atoms in total. The molecule has 0 N–H and O–H groups in total. The third-order valence-corrected chi connectivity index (χ3v) is 3.72. The van der Waals surface area contributed by atoms with Gasteiger partial charge in [-0.05, 0) is 36.5 Å². The predicted molar refractivity (Wildman–Crippen MR) is 65.1 cm³/mol. The Labute approximate surface area is 102 Å². The summed E-state index contributed by atoms with van der Waals surface area (Å²) in [6.07, 6.45) is 2.11. The van der Waals surface area contributed by atoms with Gasteiger partial charge in [-0.25, -0.2) is 0 Å². The van der Waals surface area contributed by atoms with Gasteiger partial charge in [0.25, 0.3) is 0 Å². The molecule has 0 amide bonds. The van der Waals surface area contributed by atoms with E-state index in [0.717, 1.165) is 31.8 Å². The summed E-state index contributed by atoms with van der Waals surface area (Å²) in [6.45, 7) is 1.67. The van der Waals surface area contributed by atoms with E-state index >= 15 is 0 Å². The summed E-state index contributed by atoms with van der Waals surface area (Å²) in [5.41, 5.74) is 1.18. The fourth-order valence-electron chi connectivity index (χ4n) is 2.07. The lowest BCUT2D eigenvalue weighted by Gasteiger charge is -2.26. The van der Waals surface area contributed by atoms with Gasteiger partial charge in [-0.3, -0.25) is 0 Å². The third kappa shape index (κ3) is 2.69. The van der Waals surface area contributed by atoms with Crippen molar-refractivity contribution >= 4 is 11.6 Å². The highest BCUT2D eigenvalue weighted by Crippen LogP contribution is 2.35. The van der Waals surface area contributed by atoms with E-state index in [0.29, 0.717) is 5.92 Å². The molecule has 3 heteroatoms. The predicted octanol–water partition coefficient (Wildman–Crippen LogP) is 3.40. The van der Waals surface area contributed by atoms with Crippen LogP contribution in [0.3, 0.4) is 0 Å². The maximum Gasteiger partial charge on any atom is 0.118 e. The molecule has 88 valence electrons. The molecule has 1 saturated heterocycles. The van der Waals surface area contributed by atoms with Gasteiger partial charge < -0.3 is 9.47 Å². The van der Waals surface area contributed by atoms with Gasteiger partial charge in [0.05, 0.1) is 12.5 Å². The van der Waals surface area contributed by atoms with Gasteiger partial charge in [0.15, 0.2) is 0 Å². The van der Waals surface area contributed by atoms with Crippen LogP contribution in [0.4, 0.5) is 0 Å². The van der Waals surface area contributed by atoms with Crippen LogP contribution in [-0.4, -0.2) is 20.3 Å². The molecule has 1 fully saturated rings. The molecule has 1 unspecified atom stereocenters. The molecular formula is C13H17ClO2. The van der Waals surface area contributed by atoms with Crippen molar-refractivity contribution in [3.63, 3.8) is 0 Å². The lowest BCUT2D eigenvalue weighted by Crippen LogP contribution is -2.19. The highest BCUT2D eigenvalue weighted by Gasteiger charge is 2.23. The van der Waals surface area contributed by atoms with Crippen molar-refractivity contribution in [3.05, 3.63) is 29.8 Å². The number of methoxy groups -OCH3 is 1. The Morgan fingerprint density at radius 1 is 1.25 bits per heavy atom. The van der Waals surface area contributed by atoms with E-state index in [1.165, 1.54) is 5.56 Å². The first-order valence-corrected chi connectivity index (χ1v) is 6.10. The van der Waals surface area contributed by atoms with Gasteiger partial charge in [0, 0.05) is 13.2 Å². The molecule has 1 aromatic rings. The summed E-state index contributed by atoms with van der Waals surface area (Å²) in [4.78, 5) is 0. The third-order valence-electron chi connectivity index (χ3n) is 3.11. The lowest BCUT2D eigenvalue weighted by atomic mass is 9.92. The summed E-state index contributed by atoms with van der Waals surface area (Å²) in [7, 11) is 1.67. The molecule has 2 rings (SSSR count). The van der Waals surface area contributed by atoms with Crippen LogP contribution in [0, 0.1) is 5.92 Å². The number of hydrogen-bond acceptors (Lipinski definition) is 2. The molecule has 0 aromatic heterocycles. The zero-order chi connectivity index (χ0) is 11.4. The number of ether oxygens (including phenoxy) is 2. The SMILES string of the molecule is COc1ccc(C(Cl)C2CCOCC2)cc1. The van der Waals surface area contributed by atoms with Gasteiger partial charge in [0.1, 0.15) is 5.75 Å². The second-order valence-electron chi connectivity index (χ2n) is 4.12. The summed E-state index contributed by atoms with van der Waals surface area (Å²) >= 11 is 6.48. The summed E-state index contributed by atoms with van der Waals surface area (Å²) in [5.74, 6) is 1.41. The average Bonchev–Trinajstić information content (AvgIpc) is 2.39. The molecule has 0 radical (unpaired) electrons. The Kier molecular flexibility index (Phi) is 4.08. The van der Waals surface area contributed by atoms with E-state index in [9.17, 15) is 0 Å². The molecule has 0 aliphatic carbocycles. The minimum Gasteiger partial charge on any atom is -0.497 e. The molecule has 0 saturated carbocycles. The molecule has 1 aromatic carbocycles. The number of alkyl halides is 1. The fraction of sp³-hybridized carbons (Fsp3) is 0.538. The van der Waals surface area contributed by atoms with Crippen LogP contribution in [0.2, 0.25) is 0 Å². The van der Waals surface area contributed by atoms with E-state index in [-0.39, 0.29) is 5.38 Å². The highest BCUT2D eigenvalue weighted by atomic mass is 35.5. The minimum absolute atomic E-state index is 0.0924. The summed E-state index contributed by atoms with van der Waals surface area (Å²) in [5, 5.41) is 0.0924. The zero-order valence-electron chi connectivity index (χ0n) is 9.49. The molecule has 1 heterocycles. The molecule has 1 aliphatic rings. The van der Waals surface area contributed by atoms with Crippen LogP contribution in [0.25, 0.3) is 0 Å². The van der Waals surface area contributed by atoms with Crippen LogP contribution in [0.1, 0.15) is 23.8 Å². The smallest absolute Gasteiger partial charge is 0.118 e. The van der Waals surface area contributed by atoms with Gasteiger partial charge in [0.2, 0.25) is 0 Å². The van der Waals surface area contributed by atoms with E-state index in [2.05, 4.69) is 0 Å². The Morgan fingerprint density at radius 3 is 2.44 bits per heavy atom. The average molecular weight is 241 g/mol. The normalized spacial score (nSPS) is 19.4. The van der Waals surface area contributed by atoms with E-state index in [4.69, 9.17) is 21.1 Å². The molecule has 16 heavy (non-hydrogen) atoms. The number of benzene rings is 1. The van der Waals surface area contributed by atoms with Crippen LogP contribution in [0.5, 0.6) is 5.75 Å². The van der Waals surface area contributed by atoms with Crippen molar-refractivity contribution in [3.8, 4) is 5.75 Å². The topological polar surface area (TPSA) is 18.5 Å². The number of halogens is 1. The van der Waals surface area contributed by atoms with Gasteiger partial charge in [-0.1, -0.05) is 12.1 Å². The quantitative estimate of drug-likeness (QED) is 0.754. The standard InChI is InChI=1S/C13H17ClO2/c1-15-12-4-2-10(3-5-12)13(14)11-6-8-16-9-7-11/h2-5,11,13H,6-9H2,1H3. The van der Waals surface area contributed by atoms with E-state index in [1.54, 1.807) is 7.11 Å². The van der Waals surface area contributed by atoms with Gasteiger partial charge in [-0.15, -0.1) is 11.6 Å². The monoisotopic (exact) mass is 240 g/mol. The first-order chi connectivity index (χ1) is 7.81. The van der Waals surface area contributed by atoms with E-state index < -0.39 is 0 Å². The Balaban J connectivity index is 2.04. The largest absolute Gasteiger partial charge is 0.497 e. The summed E-state index contributed by atoms with van der Waals surface area (Å²) < 4.78 is 10.5. The fourth-order valence-corrected chi connectivity index (χ4v) is 2.47. The van der Waals surface area contributed by atoms with Crippen molar-refractivity contribution in [1.82, 2.24) is 0 Å². The lowest BCUT2D eigenvalue weighted by molar-refractivity contribution is 0.0650. The second-order valence-corrected chi connectivity index (χ2v) is 4.59. The van der Waals surface area contributed by atoms with Crippen molar-refractivity contribution in [2.75, 3.05) is 20.3 Å².